The number of carboxylic acid groups (broad SMARTS) is 1. The number of hydrogen-bond acceptors (Lipinski definition) is 10. The Balaban J connectivity index is 1.91. The first-order valence-corrected chi connectivity index (χ1v) is 16.7. The Morgan fingerprint density at radius 2 is 1.50 bits per heavy atom. The van der Waals surface area contributed by atoms with Crippen molar-refractivity contribution in [3.05, 3.63) is 29.8 Å². The van der Waals surface area contributed by atoms with Crippen LogP contribution in [0.3, 0.4) is 0 Å². The Morgan fingerprint density at radius 1 is 0.917 bits per heavy atom. The number of nitrogens with zero attached hydrogens (tertiary/aromatic N) is 3. The van der Waals surface area contributed by atoms with Gasteiger partial charge in [0.1, 0.15) is 17.7 Å². The van der Waals surface area contributed by atoms with Crippen molar-refractivity contribution in [3.8, 4) is 0 Å². The maximum absolute atomic E-state index is 14.2. The third-order valence-corrected chi connectivity index (χ3v) is 8.36. The second kappa shape index (κ2) is 17.0. The number of carbonyl (C=O) groups is 5. The number of amides is 2. The van der Waals surface area contributed by atoms with Crippen molar-refractivity contribution < 1.29 is 48.0 Å². The Labute approximate surface area is 283 Å². The lowest BCUT2D eigenvalue weighted by Gasteiger charge is -2.33. The highest BCUT2D eigenvalue weighted by atomic mass is 16.6. The predicted molar refractivity (Wildman–Crippen MR) is 177 cm³/mol. The standard InChI is InChI=1S/C35H53N3O10/c1-22(2)19-27(32(42)46-23(3)31(40)41)36(7)30(39)29(21-25-11-13-26(14-12-25)38-15-17-45-18-16-38)47-33(43)28(20-24-9-10-24)37(8)34(44)48-35(4,5)6/h11-14,22-24,27-29H,9-10,15-21H2,1-8H3,(H,40,41)/t23-,27+,28+,29-/m1/s1. The molecule has 1 saturated heterocycles. The van der Waals surface area contributed by atoms with Crippen LogP contribution < -0.4 is 4.90 Å². The number of hydrogen-bond donors (Lipinski definition) is 1. The molecule has 1 aliphatic heterocycles. The van der Waals surface area contributed by atoms with E-state index in [1.807, 2.05) is 38.1 Å². The van der Waals surface area contributed by atoms with Crippen LogP contribution in [-0.2, 0) is 44.5 Å². The van der Waals surface area contributed by atoms with Gasteiger partial charge in [0.2, 0.25) is 0 Å². The molecular formula is C35H53N3O10. The first-order valence-electron chi connectivity index (χ1n) is 16.7. The van der Waals surface area contributed by atoms with Gasteiger partial charge in [-0.1, -0.05) is 38.8 Å². The van der Waals surface area contributed by atoms with Gasteiger partial charge < -0.3 is 33.9 Å². The fraction of sp³-hybridized carbons (Fsp3) is 0.686. The molecule has 1 aliphatic carbocycles. The Bertz CT molecular complexity index is 1270. The number of aliphatic carboxylic acids is 1. The minimum atomic E-state index is -1.42. The van der Waals surface area contributed by atoms with E-state index in [1.165, 1.54) is 30.8 Å². The summed E-state index contributed by atoms with van der Waals surface area (Å²) in [7, 11) is 2.90. The third-order valence-electron chi connectivity index (χ3n) is 8.36. The topological polar surface area (TPSA) is 152 Å². The van der Waals surface area contributed by atoms with Crippen LogP contribution in [-0.4, -0.2) is 115 Å². The molecule has 4 atom stereocenters. The molecule has 0 unspecified atom stereocenters. The molecule has 13 heteroatoms. The predicted octanol–water partition coefficient (Wildman–Crippen LogP) is 3.90. The number of anilines is 1. The normalized spacial score (nSPS) is 17.5. The largest absolute Gasteiger partial charge is 0.479 e. The second-order valence-electron chi connectivity index (χ2n) is 14.2. The van der Waals surface area contributed by atoms with Crippen LogP contribution in [0.5, 0.6) is 0 Å². The second-order valence-corrected chi connectivity index (χ2v) is 14.2. The fourth-order valence-electron chi connectivity index (χ4n) is 5.36. The molecule has 2 amide bonds. The zero-order valence-corrected chi connectivity index (χ0v) is 29.6. The Morgan fingerprint density at radius 3 is 2.02 bits per heavy atom. The van der Waals surface area contributed by atoms with Crippen molar-refractivity contribution in [3.63, 3.8) is 0 Å². The first-order chi connectivity index (χ1) is 22.5. The van der Waals surface area contributed by atoms with Gasteiger partial charge in [0, 0.05) is 39.3 Å². The number of ether oxygens (including phenoxy) is 4. The highest BCUT2D eigenvalue weighted by Crippen LogP contribution is 2.35. The number of benzene rings is 1. The number of morpholine rings is 1. The van der Waals surface area contributed by atoms with Gasteiger partial charge in [-0.2, -0.15) is 0 Å². The highest BCUT2D eigenvalue weighted by molar-refractivity contribution is 5.90. The fourth-order valence-corrected chi connectivity index (χ4v) is 5.36. The van der Waals surface area contributed by atoms with E-state index in [2.05, 4.69) is 4.90 Å². The number of likely N-dealkylation sites (N-methyl/N-ethyl adjacent to an activating group) is 2. The van der Waals surface area contributed by atoms with E-state index in [-0.39, 0.29) is 24.7 Å². The molecule has 1 aromatic rings. The summed E-state index contributed by atoms with van der Waals surface area (Å²) in [6.07, 6.45) is -1.08. The smallest absolute Gasteiger partial charge is 0.410 e. The van der Waals surface area contributed by atoms with Crippen molar-refractivity contribution in [2.24, 2.45) is 11.8 Å². The van der Waals surface area contributed by atoms with Crippen LogP contribution in [0.4, 0.5) is 10.5 Å². The lowest BCUT2D eigenvalue weighted by Crippen LogP contribution is -2.52. The van der Waals surface area contributed by atoms with Crippen molar-refractivity contribution in [1.29, 1.82) is 0 Å². The van der Waals surface area contributed by atoms with Crippen LogP contribution in [0.1, 0.15) is 72.8 Å². The van der Waals surface area contributed by atoms with Crippen LogP contribution in [0, 0.1) is 11.8 Å². The van der Waals surface area contributed by atoms with Crippen molar-refractivity contribution in [1.82, 2.24) is 9.80 Å². The molecule has 0 aromatic heterocycles. The van der Waals surface area contributed by atoms with Crippen molar-refractivity contribution >= 4 is 35.6 Å². The molecule has 1 aromatic carbocycles. The average molecular weight is 676 g/mol. The Kier molecular flexibility index (Phi) is 13.7. The van der Waals surface area contributed by atoms with Gasteiger partial charge >= 0.3 is 24.0 Å². The molecule has 1 N–H and O–H groups in total. The summed E-state index contributed by atoms with van der Waals surface area (Å²) in [6, 6.07) is 5.47. The van der Waals surface area contributed by atoms with Gasteiger partial charge in [-0.25, -0.2) is 19.2 Å². The molecular weight excluding hydrogens is 622 g/mol. The molecule has 1 heterocycles. The van der Waals surface area contributed by atoms with E-state index in [0.29, 0.717) is 25.2 Å². The van der Waals surface area contributed by atoms with E-state index in [4.69, 9.17) is 18.9 Å². The van der Waals surface area contributed by atoms with Gasteiger partial charge in [0.15, 0.2) is 12.2 Å². The SMILES string of the molecule is CC(C)C[C@@H](C(=O)O[C@H](C)C(=O)O)N(C)C(=O)[C@@H](Cc1ccc(N2CCOCC2)cc1)OC(=O)[C@H](CC1CC1)N(C)C(=O)OC(C)(C)C. The van der Waals surface area contributed by atoms with Crippen LogP contribution in [0.25, 0.3) is 0 Å². The summed E-state index contributed by atoms with van der Waals surface area (Å²) >= 11 is 0. The van der Waals surface area contributed by atoms with Gasteiger partial charge in [0.05, 0.1) is 13.2 Å². The third kappa shape index (κ3) is 11.7. The molecule has 0 spiro atoms. The monoisotopic (exact) mass is 675 g/mol. The number of carboxylic acids is 1. The maximum Gasteiger partial charge on any atom is 0.410 e. The summed E-state index contributed by atoms with van der Waals surface area (Å²) in [4.78, 5) is 70.3. The summed E-state index contributed by atoms with van der Waals surface area (Å²) in [5.74, 6) is -3.42. The van der Waals surface area contributed by atoms with Crippen LogP contribution >= 0.6 is 0 Å². The van der Waals surface area contributed by atoms with Crippen LogP contribution in [0.15, 0.2) is 24.3 Å². The lowest BCUT2D eigenvalue weighted by molar-refractivity contribution is -0.172. The minimum Gasteiger partial charge on any atom is -0.479 e. The van der Waals surface area contributed by atoms with Gasteiger partial charge in [-0.3, -0.25) is 9.69 Å². The molecule has 3 rings (SSSR count). The average Bonchev–Trinajstić information content (AvgIpc) is 3.85. The minimum absolute atomic E-state index is 0.000417. The summed E-state index contributed by atoms with van der Waals surface area (Å²) in [5.41, 5.74) is 0.926. The van der Waals surface area contributed by atoms with Gasteiger partial charge in [0.25, 0.3) is 5.91 Å². The summed E-state index contributed by atoms with van der Waals surface area (Å²) in [5, 5.41) is 9.30. The zero-order chi connectivity index (χ0) is 35.8. The van der Waals surface area contributed by atoms with Gasteiger partial charge in [-0.05, 0) is 70.1 Å². The Hall–Kier alpha value is -3.87. The molecule has 13 nitrogen and oxygen atoms in total. The number of rotatable bonds is 15. The lowest BCUT2D eigenvalue weighted by atomic mass is 10.0. The first kappa shape index (κ1) is 38.6. The van der Waals surface area contributed by atoms with Crippen molar-refractivity contribution in [2.45, 2.75) is 104 Å². The molecule has 48 heavy (non-hydrogen) atoms. The molecule has 0 radical (unpaired) electrons. The molecule has 2 aliphatic rings. The quantitative estimate of drug-likeness (QED) is 0.213. The zero-order valence-electron chi connectivity index (χ0n) is 29.6. The maximum atomic E-state index is 14.2. The molecule has 1 saturated carbocycles. The van der Waals surface area contributed by atoms with E-state index < -0.39 is 59.8 Å². The number of esters is 2. The molecule has 268 valence electrons. The van der Waals surface area contributed by atoms with E-state index >= 15 is 0 Å². The number of carbonyl (C=O) groups excluding carboxylic acids is 4. The molecule has 2 fully saturated rings. The van der Waals surface area contributed by atoms with Crippen LogP contribution in [0.2, 0.25) is 0 Å². The van der Waals surface area contributed by atoms with E-state index in [9.17, 15) is 29.1 Å². The van der Waals surface area contributed by atoms with E-state index in [0.717, 1.165) is 31.6 Å². The van der Waals surface area contributed by atoms with E-state index in [1.54, 1.807) is 20.8 Å². The molecule has 0 bridgehead atoms. The highest BCUT2D eigenvalue weighted by Gasteiger charge is 2.40. The summed E-state index contributed by atoms with van der Waals surface area (Å²) < 4.78 is 22.1. The van der Waals surface area contributed by atoms with Gasteiger partial charge in [-0.15, -0.1) is 0 Å². The van der Waals surface area contributed by atoms with Crippen molar-refractivity contribution in [2.75, 3.05) is 45.3 Å². The summed E-state index contributed by atoms with van der Waals surface area (Å²) in [6.45, 7) is 12.9.